The van der Waals surface area contributed by atoms with E-state index in [0.717, 1.165) is 12.2 Å². The van der Waals surface area contributed by atoms with Gasteiger partial charge in [-0.1, -0.05) is 37.3 Å². The molecule has 19 heavy (non-hydrogen) atoms. The van der Waals surface area contributed by atoms with Gasteiger partial charge < -0.3 is 5.32 Å². The lowest BCUT2D eigenvalue weighted by molar-refractivity contribution is 0.872. The Morgan fingerprint density at radius 3 is 2.58 bits per heavy atom. The van der Waals surface area contributed by atoms with Crippen LogP contribution in [-0.2, 0) is 6.42 Å². The van der Waals surface area contributed by atoms with Crippen molar-refractivity contribution in [2.75, 3.05) is 5.32 Å². The predicted octanol–water partition coefficient (Wildman–Crippen LogP) is 3.69. The first-order valence-electron chi connectivity index (χ1n) is 6.45. The molecule has 1 aromatic heterocycles. The molecule has 2 rings (SSSR count). The summed E-state index contributed by atoms with van der Waals surface area (Å²) in [4.78, 5) is 4.22. The Morgan fingerprint density at radius 1 is 1.21 bits per heavy atom. The van der Waals surface area contributed by atoms with Crippen LogP contribution in [0, 0.1) is 11.3 Å². The molecule has 1 heterocycles. The second-order valence-corrected chi connectivity index (χ2v) is 4.48. The SMILES string of the molecule is CCc1ccc(C(C)Nc2cccc(C#N)n2)cc1. The molecule has 96 valence electrons. The Morgan fingerprint density at radius 2 is 1.95 bits per heavy atom. The van der Waals surface area contributed by atoms with Gasteiger partial charge in [0.25, 0.3) is 0 Å². The second-order valence-electron chi connectivity index (χ2n) is 4.48. The second kappa shape index (κ2) is 6.01. The lowest BCUT2D eigenvalue weighted by atomic mass is 10.1. The summed E-state index contributed by atoms with van der Waals surface area (Å²) < 4.78 is 0. The summed E-state index contributed by atoms with van der Waals surface area (Å²) in [5, 5.41) is 12.1. The molecule has 0 spiro atoms. The number of rotatable bonds is 4. The summed E-state index contributed by atoms with van der Waals surface area (Å²) in [7, 11) is 0. The normalized spacial score (nSPS) is 11.6. The van der Waals surface area contributed by atoms with Gasteiger partial charge in [0, 0.05) is 6.04 Å². The Labute approximate surface area is 113 Å². The Balaban J connectivity index is 2.11. The number of pyridine rings is 1. The summed E-state index contributed by atoms with van der Waals surface area (Å²) in [6.45, 7) is 4.23. The monoisotopic (exact) mass is 251 g/mol. The first-order valence-corrected chi connectivity index (χ1v) is 6.45. The summed E-state index contributed by atoms with van der Waals surface area (Å²) in [6, 6.07) is 16.2. The molecule has 0 aliphatic rings. The Bertz CT molecular complexity index is 582. The van der Waals surface area contributed by atoms with Crippen LogP contribution in [0.25, 0.3) is 0 Å². The number of nitrogens with one attached hydrogen (secondary N) is 1. The van der Waals surface area contributed by atoms with Crippen molar-refractivity contribution < 1.29 is 0 Å². The van der Waals surface area contributed by atoms with Crippen molar-refractivity contribution in [2.24, 2.45) is 0 Å². The van der Waals surface area contributed by atoms with Crippen LogP contribution in [0.3, 0.4) is 0 Å². The number of hydrogen-bond acceptors (Lipinski definition) is 3. The molecule has 1 atom stereocenters. The van der Waals surface area contributed by atoms with Crippen LogP contribution in [-0.4, -0.2) is 4.98 Å². The van der Waals surface area contributed by atoms with Crippen molar-refractivity contribution in [3.05, 3.63) is 59.3 Å². The molecule has 0 amide bonds. The molecule has 0 radical (unpaired) electrons. The number of hydrogen-bond donors (Lipinski definition) is 1. The van der Waals surface area contributed by atoms with Gasteiger partial charge in [-0.15, -0.1) is 0 Å². The zero-order valence-corrected chi connectivity index (χ0v) is 11.2. The lowest BCUT2D eigenvalue weighted by Crippen LogP contribution is -2.08. The first kappa shape index (κ1) is 13.1. The highest BCUT2D eigenvalue weighted by Crippen LogP contribution is 2.18. The fourth-order valence-electron chi connectivity index (χ4n) is 1.92. The molecule has 0 saturated heterocycles. The number of anilines is 1. The van der Waals surface area contributed by atoms with Crippen LogP contribution in [0.2, 0.25) is 0 Å². The summed E-state index contributed by atoms with van der Waals surface area (Å²) in [5.74, 6) is 0.728. The van der Waals surface area contributed by atoms with Crippen molar-refractivity contribution in [3.63, 3.8) is 0 Å². The van der Waals surface area contributed by atoms with Crippen LogP contribution in [0.4, 0.5) is 5.82 Å². The minimum absolute atomic E-state index is 0.160. The number of nitriles is 1. The van der Waals surface area contributed by atoms with Crippen molar-refractivity contribution >= 4 is 5.82 Å². The molecule has 3 heteroatoms. The smallest absolute Gasteiger partial charge is 0.142 e. The quantitative estimate of drug-likeness (QED) is 0.901. The average Bonchev–Trinajstić information content (AvgIpc) is 2.47. The van der Waals surface area contributed by atoms with Crippen molar-refractivity contribution in [3.8, 4) is 6.07 Å². The number of nitrogens with zero attached hydrogens (tertiary/aromatic N) is 2. The van der Waals surface area contributed by atoms with Crippen molar-refractivity contribution in [1.82, 2.24) is 4.98 Å². The van der Waals surface area contributed by atoms with E-state index in [-0.39, 0.29) is 6.04 Å². The number of benzene rings is 1. The van der Waals surface area contributed by atoms with Gasteiger partial charge in [-0.05, 0) is 36.6 Å². The molecular formula is C16H17N3. The molecule has 0 aliphatic heterocycles. The third-order valence-electron chi connectivity index (χ3n) is 3.12. The Kier molecular flexibility index (Phi) is 4.15. The van der Waals surface area contributed by atoms with Gasteiger partial charge in [-0.25, -0.2) is 4.98 Å². The molecule has 0 aliphatic carbocycles. The molecule has 2 aromatic rings. The third kappa shape index (κ3) is 3.32. The van der Waals surface area contributed by atoms with Crippen LogP contribution >= 0.6 is 0 Å². The van der Waals surface area contributed by atoms with E-state index in [1.54, 1.807) is 6.07 Å². The largest absolute Gasteiger partial charge is 0.364 e. The van der Waals surface area contributed by atoms with Gasteiger partial charge in [0.2, 0.25) is 0 Å². The van der Waals surface area contributed by atoms with E-state index in [1.165, 1.54) is 11.1 Å². The van der Waals surface area contributed by atoms with Crippen LogP contribution in [0.5, 0.6) is 0 Å². The van der Waals surface area contributed by atoms with Crippen LogP contribution in [0.1, 0.15) is 36.7 Å². The van der Waals surface area contributed by atoms with E-state index in [1.807, 2.05) is 18.2 Å². The number of aryl methyl sites for hydroxylation is 1. The average molecular weight is 251 g/mol. The third-order valence-corrected chi connectivity index (χ3v) is 3.12. The van der Waals surface area contributed by atoms with E-state index in [0.29, 0.717) is 5.69 Å². The highest BCUT2D eigenvalue weighted by molar-refractivity contribution is 5.41. The standard InChI is InChI=1S/C16H17N3/c1-3-13-7-9-14(10-8-13)12(2)18-16-6-4-5-15(11-17)19-16/h4-10,12H,3H2,1-2H3,(H,18,19). The maximum atomic E-state index is 8.83. The van der Waals surface area contributed by atoms with E-state index < -0.39 is 0 Å². The molecule has 0 saturated carbocycles. The van der Waals surface area contributed by atoms with Gasteiger partial charge in [0.05, 0.1) is 0 Å². The van der Waals surface area contributed by atoms with Crippen molar-refractivity contribution in [2.45, 2.75) is 26.3 Å². The van der Waals surface area contributed by atoms with Gasteiger partial charge >= 0.3 is 0 Å². The highest BCUT2D eigenvalue weighted by Gasteiger charge is 2.06. The minimum atomic E-state index is 0.160. The molecule has 3 nitrogen and oxygen atoms in total. The number of aromatic nitrogens is 1. The van der Waals surface area contributed by atoms with Gasteiger partial charge in [0.15, 0.2) is 0 Å². The predicted molar refractivity (Wildman–Crippen MR) is 76.8 cm³/mol. The molecule has 1 aromatic carbocycles. The van der Waals surface area contributed by atoms with Crippen LogP contribution < -0.4 is 5.32 Å². The highest BCUT2D eigenvalue weighted by atomic mass is 15.0. The maximum Gasteiger partial charge on any atom is 0.142 e. The zero-order chi connectivity index (χ0) is 13.7. The molecular weight excluding hydrogens is 234 g/mol. The lowest BCUT2D eigenvalue weighted by Gasteiger charge is -2.15. The van der Waals surface area contributed by atoms with E-state index in [4.69, 9.17) is 5.26 Å². The van der Waals surface area contributed by atoms with Crippen molar-refractivity contribution in [1.29, 1.82) is 5.26 Å². The molecule has 1 unspecified atom stereocenters. The summed E-state index contributed by atoms with van der Waals surface area (Å²) in [6.07, 6.45) is 1.05. The topological polar surface area (TPSA) is 48.7 Å². The first-order chi connectivity index (χ1) is 9.22. The zero-order valence-electron chi connectivity index (χ0n) is 11.2. The Hall–Kier alpha value is -2.34. The van der Waals surface area contributed by atoms with E-state index in [9.17, 15) is 0 Å². The van der Waals surface area contributed by atoms with Gasteiger partial charge in [-0.2, -0.15) is 5.26 Å². The summed E-state index contributed by atoms with van der Waals surface area (Å²) >= 11 is 0. The van der Waals surface area contributed by atoms with Crippen LogP contribution in [0.15, 0.2) is 42.5 Å². The molecule has 0 bridgehead atoms. The minimum Gasteiger partial charge on any atom is -0.364 e. The molecule has 1 N–H and O–H groups in total. The molecule has 0 fully saturated rings. The fraction of sp³-hybridized carbons (Fsp3) is 0.250. The van der Waals surface area contributed by atoms with E-state index >= 15 is 0 Å². The van der Waals surface area contributed by atoms with Gasteiger partial charge in [-0.3, -0.25) is 0 Å². The van der Waals surface area contributed by atoms with E-state index in [2.05, 4.69) is 48.4 Å². The summed E-state index contributed by atoms with van der Waals surface area (Å²) in [5.41, 5.74) is 2.97. The fourth-order valence-corrected chi connectivity index (χ4v) is 1.92. The van der Waals surface area contributed by atoms with Gasteiger partial charge in [0.1, 0.15) is 17.6 Å². The maximum absolute atomic E-state index is 8.83.